The van der Waals surface area contributed by atoms with E-state index < -0.39 is 21.8 Å². The molecule has 0 aliphatic carbocycles. The normalized spacial score (nSPS) is 11.1. The molecule has 0 aliphatic rings. The van der Waals surface area contributed by atoms with Crippen molar-refractivity contribution in [2.24, 2.45) is 0 Å². The summed E-state index contributed by atoms with van der Waals surface area (Å²) in [5.74, 6) is -1.78. The zero-order valence-corrected chi connectivity index (χ0v) is 12.0. The zero-order valence-electron chi connectivity index (χ0n) is 10.4. The Labute approximate surface area is 125 Å². The van der Waals surface area contributed by atoms with Gasteiger partial charge < -0.3 is 5.11 Å². The van der Waals surface area contributed by atoms with Gasteiger partial charge in [-0.3, -0.25) is 4.72 Å². The number of benzene rings is 2. The molecule has 0 atom stereocenters. The van der Waals surface area contributed by atoms with E-state index in [2.05, 4.69) is 4.72 Å². The molecule has 0 radical (unpaired) electrons. The minimum atomic E-state index is -4.08. The van der Waals surface area contributed by atoms with Crippen LogP contribution in [0.3, 0.4) is 0 Å². The van der Waals surface area contributed by atoms with Crippen LogP contribution in [0.25, 0.3) is 0 Å². The summed E-state index contributed by atoms with van der Waals surface area (Å²) in [6.45, 7) is 0. The average Bonchev–Trinajstić information content (AvgIpc) is 2.41. The molecule has 0 aliphatic heterocycles. The maximum absolute atomic E-state index is 12.8. The highest BCUT2D eigenvalue weighted by molar-refractivity contribution is 7.92. The Morgan fingerprint density at radius 2 is 1.76 bits per heavy atom. The molecule has 5 nitrogen and oxygen atoms in total. The van der Waals surface area contributed by atoms with Crippen molar-refractivity contribution in [3.8, 4) is 0 Å². The fourth-order valence-corrected chi connectivity index (χ4v) is 3.16. The molecule has 0 fully saturated rings. The van der Waals surface area contributed by atoms with Crippen molar-refractivity contribution in [2.75, 3.05) is 4.72 Å². The SMILES string of the molecule is O=C(O)c1ccc(Cl)c(S(=O)(=O)Nc2ccc(F)cc2)c1. The van der Waals surface area contributed by atoms with E-state index >= 15 is 0 Å². The number of nitrogens with one attached hydrogen (secondary N) is 1. The number of halogens is 2. The van der Waals surface area contributed by atoms with Gasteiger partial charge in [0.15, 0.2) is 0 Å². The lowest BCUT2D eigenvalue weighted by atomic mass is 10.2. The molecule has 0 unspecified atom stereocenters. The van der Waals surface area contributed by atoms with Gasteiger partial charge in [0.1, 0.15) is 10.7 Å². The second kappa shape index (κ2) is 5.71. The number of rotatable bonds is 4. The van der Waals surface area contributed by atoms with Crippen LogP contribution in [0.1, 0.15) is 10.4 Å². The van der Waals surface area contributed by atoms with Crippen LogP contribution in [0.5, 0.6) is 0 Å². The van der Waals surface area contributed by atoms with Crippen molar-refractivity contribution < 1.29 is 22.7 Å². The van der Waals surface area contributed by atoms with Crippen LogP contribution < -0.4 is 4.72 Å². The van der Waals surface area contributed by atoms with Gasteiger partial charge in [-0.25, -0.2) is 17.6 Å². The Kier molecular flexibility index (Phi) is 4.15. The molecule has 2 rings (SSSR count). The van der Waals surface area contributed by atoms with Gasteiger partial charge in [-0.15, -0.1) is 0 Å². The van der Waals surface area contributed by atoms with Crippen LogP contribution in [0, 0.1) is 5.82 Å². The summed E-state index contributed by atoms with van der Waals surface area (Å²) in [5, 5.41) is 8.77. The van der Waals surface area contributed by atoms with E-state index in [-0.39, 0.29) is 21.2 Å². The number of aromatic carboxylic acids is 1. The molecule has 110 valence electrons. The standard InChI is InChI=1S/C13H9ClFNO4S/c14-11-6-1-8(13(17)18)7-12(11)21(19,20)16-10-4-2-9(15)3-5-10/h1-7,16H,(H,17,18). The van der Waals surface area contributed by atoms with Crippen molar-refractivity contribution in [1.29, 1.82) is 0 Å². The number of sulfonamides is 1. The van der Waals surface area contributed by atoms with Gasteiger partial charge in [0, 0.05) is 5.69 Å². The zero-order chi connectivity index (χ0) is 15.6. The van der Waals surface area contributed by atoms with E-state index in [4.69, 9.17) is 16.7 Å². The molecular weight excluding hydrogens is 321 g/mol. The quantitative estimate of drug-likeness (QED) is 0.903. The number of carboxylic acids is 1. The first-order chi connectivity index (χ1) is 9.79. The van der Waals surface area contributed by atoms with E-state index in [9.17, 15) is 17.6 Å². The summed E-state index contributed by atoms with van der Waals surface area (Å²) in [6, 6.07) is 7.99. The third kappa shape index (κ3) is 3.50. The lowest BCUT2D eigenvalue weighted by Gasteiger charge is -2.10. The van der Waals surface area contributed by atoms with E-state index in [0.29, 0.717) is 0 Å². The van der Waals surface area contributed by atoms with E-state index in [1.807, 2.05) is 0 Å². The van der Waals surface area contributed by atoms with Crippen LogP contribution in [0.2, 0.25) is 5.02 Å². The largest absolute Gasteiger partial charge is 0.478 e. The molecule has 0 bridgehead atoms. The first-order valence-corrected chi connectivity index (χ1v) is 7.47. The third-order valence-electron chi connectivity index (χ3n) is 2.56. The Hall–Kier alpha value is -2.12. The van der Waals surface area contributed by atoms with Crippen LogP contribution >= 0.6 is 11.6 Å². The molecule has 0 heterocycles. The minimum absolute atomic E-state index is 0.116. The number of carboxylic acid groups (broad SMARTS) is 1. The smallest absolute Gasteiger partial charge is 0.335 e. The van der Waals surface area contributed by atoms with Gasteiger partial charge in [-0.1, -0.05) is 11.6 Å². The molecule has 21 heavy (non-hydrogen) atoms. The molecule has 2 aromatic rings. The van der Waals surface area contributed by atoms with Crippen molar-refractivity contribution in [1.82, 2.24) is 0 Å². The summed E-state index contributed by atoms with van der Waals surface area (Å²) < 4.78 is 39.4. The number of carbonyl (C=O) groups is 1. The van der Waals surface area contributed by atoms with Gasteiger partial charge in [0.2, 0.25) is 0 Å². The first-order valence-electron chi connectivity index (χ1n) is 5.61. The van der Waals surface area contributed by atoms with Gasteiger partial charge >= 0.3 is 5.97 Å². The molecule has 2 aromatic carbocycles. The van der Waals surface area contributed by atoms with Gasteiger partial charge in [0.25, 0.3) is 10.0 Å². The lowest BCUT2D eigenvalue weighted by molar-refractivity contribution is 0.0696. The molecule has 2 N–H and O–H groups in total. The molecular formula is C13H9ClFNO4S. The number of hydrogen-bond acceptors (Lipinski definition) is 3. The molecule has 0 amide bonds. The van der Waals surface area contributed by atoms with Crippen molar-refractivity contribution in [2.45, 2.75) is 4.90 Å². The highest BCUT2D eigenvalue weighted by atomic mass is 35.5. The maximum Gasteiger partial charge on any atom is 0.335 e. The summed E-state index contributed by atoms with van der Waals surface area (Å²) in [6.07, 6.45) is 0. The Morgan fingerprint density at radius 1 is 1.14 bits per heavy atom. The topological polar surface area (TPSA) is 83.5 Å². The summed E-state index contributed by atoms with van der Waals surface area (Å²) in [4.78, 5) is 10.5. The molecule has 0 spiro atoms. The molecule has 0 aromatic heterocycles. The Morgan fingerprint density at radius 3 is 2.33 bits per heavy atom. The fourth-order valence-electron chi connectivity index (χ4n) is 1.57. The summed E-state index contributed by atoms with van der Waals surface area (Å²) >= 11 is 5.80. The fraction of sp³-hybridized carbons (Fsp3) is 0. The predicted molar refractivity (Wildman–Crippen MR) is 75.6 cm³/mol. The molecule has 8 heteroatoms. The average molecular weight is 330 g/mol. The maximum atomic E-state index is 12.8. The van der Waals surface area contributed by atoms with E-state index in [1.165, 1.54) is 24.3 Å². The van der Waals surface area contributed by atoms with Crippen LogP contribution in [-0.2, 0) is 10.0 Å². The number of hydrogen-bond donors (Lipinski definition) is 2. The second-order valence-electron chi connectivity index (χ2n) is 4.06. The van der Waals surface area contributed by atoms with E-state index in [1.54, 1.807) is 0 Å². The van der Waals surface area contributed by atoms with Crippen LogP contribution in [0.4, 0.5) is 10.1 Å². The first kappa shape index (κ1) is 15.3. The monoisotopic (exact) mass is 329 g/mol. The van der Waals surface area contributed by atoms with Crippen molar-refractivity contribution in [3.63, 3.8) is 0 Å². The summed E-state index contributed by atoms with van der Waals surface area (Å²) in [7, 11) is -4.08. The second-order valence-corrected chi connectivity index (χ2v) is 6.12. The lowest BCUT2D eigenvalue weighted by Crippen LogP contribution is -2.14. The minimum Gasteiger partial charge on any atom is -0.478 e. The molecule has 0 saturated heterocycles. The highest BCUT2D eigenvalue weighted by Crippen LogP contribution is 2.25. The third-order valence-corrected chi connectivity index (χ3v) is 4.43. The number of anilines is 1. The van der Waals surface area contributed by atoms with Gasteiger partial charge in [0.05, 0.1) is 10.6 Å². The summed E-state index contributed by atoms with van der Waals surface area (Å²) in [5.41, 5.74) is -0.0768. The van der Waals surface area contributed by atoms with Crippen molar-refractivity contribution in [3.05, 3.63) is 58.9 Å². The van der Waals surface area contributed by atoms with E-state index in [0.717, 1.165) is 18.2 Å². The van der Waals surface area contributed by atoms with Crippen molar-refractivity contribution >= 4 is 33.3 Å². The van der Waals surface area contributed by atoms with Gasteiger partial charge in [-0.2, -0.15) is 0 Å². The predicted octanol–water partition coefficient (Wildman–Crippen LogP) is 2.98. The van der Waals surface area contributed by atoms with Crippen LogP contribution in [0.15, 0.2) is 47.4 Å². The van der Waals surface area contributed by atoms with Crippen LogP contribution in [-0.4, -0.2) is 19.5 Å². The Bertz CT molecular complexity index is 790. The highest BCUT2D eigenvalue weighted by Gasteiger charge is 2.20. The Balaban J connectivity index is 2.41. The molecule has 0 saturated carbocycles. The van der Waals surface area contributed by atoms with Gasteiger partial charge in [-0.05, 0) is 42.5 Å².